The Kier molecular flexibility index (Phi) is 3.75. The molecule has 4 nitrogen and oxygen atoms in total. The highest BCUT2D eigenvalue weighted by molar-refractivity contribution is 7.07. The zero-order chi connectivity index (χ0) is 13.9. The van der Waals surface area contributed by atoms with Crippen LogP contribution >= 0.6 is 11.3 Å². The van der Waals surface area contributed by atoms with Gasteiger partial charge < -0.3 is 10.2 Å². The maximum absolute atomic E-state index is 13.4. The summed E-state index contributed by atoms with van der Waals surface area (Å²) in [5.74, 6) is -0.379. The van der Waals surface area contributed by atoms with Crippen LogP contribution in [0.1, 0.15) is 22.1 Å². The van der Waals surface area contributed by atoms with Gasteiger partial charge in [-0.05, 0) is 17.7 Å². The smallest absolute Gasteiger partial charge is 0.273 e. The Hall–Kier alpha value is -1.79. The summed E-state index contributed by atoms with van der Waals surface area (Å²) in [7, 11) is 0. The molecule has 0 aliphatic carbocycles. The van der Waals surface area contributed by atoms with Crippen LogP contribution in [0.4, 0.5) is 4.39 Å². The summed E-state index contributed by atoms with van der Waals surface area (Å²) >= 11 is 1.40. The van der Waals surface area contributed by atoms with Crippen molar-refractivity contribution in [2.24, 2.45) is 0 Å². The number of hydrogen-bond donors (Lipinski definition) is 1. The highest BCUT2D eigenvalue weighted by Gasteiger charge is 2.29. The van der Waals surface area contributed by atoms with Gasteiger partial charge in [0.25, 0.3) is 5.91 Å². The maximum atomic E-state index is 13.4. The number of carbonyl (C=O) groups is 1. The molecule has 1 unspecified atom stereocenters. The largest absolute Gasteiger partial charge is 0.328 e. The Balaban J connectivity index is 1.89. The van der Waals surface area contributed by atoms with E-state index in [0.29, 0.717) is 18.8 Å². The second-order valence-corrected chi connectivity index (χ2v) is 5.37. The van der Waals surface area contributed by atoms with Crippen molar-refractivity contribution >= 4 is 17.2 Å². The van der Waals surface area contributed by atoms with E-state index in [1.54, 1.807) is 21.9 Å². The highest BCUT2D eigenvalue weighted by Crippen LogP contribution is 2.24. The summed E-state index contributed by atoms with van der Waals surface area (Å²) in [6.45, 7) is 1.96. The van der Waals surface area contributed by atoms with Crippen molar-refractivity contribution in [2.45, 2.75) is 6.04 Å². The quantitative estimate of drug-likeness (QED) is 0.921. The number of nitrogens with one attached hydrogen (secondary N) is 1. The van der Waals surface area contributed by atoms with Crippen molar-refractivity contribution in [1.29, 1.82) is 0 Å². The standard InChI is InChI=1S/C14H14FN3OS/c15-11-3-1-2-10(6-11)13-7-16-4-5-18(13)14(19)12-8-20-9-17-12/h1-3,6,8-9,13,16H,4-5,7H2. The molecule has 3 rings (SSSR count). The number of carbonyl (C=O) groups excluding carboxylic acids is 1. The molecule has 1 aliphatic heterocycles. The lowest BCUT2D eigenvalue weighted by molar-refractivity contribution is 0.0628. The fraction of sp³-hybridized carbons (Fsp3) is 0.286. The molecule has 1 aromatic carbocycles. The fourth-order valence-electron chi connectivity index (χ4n) is 2.42. The second kappa shape index (κ2) is 5.68. The number of rotatable bonds is 2. The molecular weight excluding hydrogens is 277 g/mol. The van der Waals surface area contributed by atoms with E-state index in [9.17, 15) is 9.18 Å². The van der Waals surface area contributed by atoms with Gasteiger partial charge >= 0.3 is 0 Å². The van der Waals surface area contributed by atoms with Crippen LogP contribution in [0.3, 0.4) is 0 Å². The third-order valence-corrected chi connectivity index (χ3v) is 3.98. The number of nitrogens with zero attached hydrogens (tertiary/aromatic N) is 2. The van der Waals surface area contributed by atoms with E-state index in [2.05, 4.69) is 10.3 Å². The van der Waals surface area contributed by atoms with Gasteiger partial charge in [0, 0.05) is 25.0 Å². The first-order chi connectivity index (χ1) is 9.75. The molecule has 0 radical (unpaired) electrons. The van der Waals surface area contributed by atoms with Crippen LogP contribution in [0, 0.1) is 5.82 Å². The molecular formula is C14H14FN3OS. The van der Waals surface area contributed by atoms with E-state index in [0.717, 1.165) is 12.1 Å². The summed E-state index contributed by atoms with van der Waals surface area (Å²) < 4.78 is 13.4. The highest BCUT2D eigenvalue weighted by atomic mass is 32.1. The molecule has 2 aromatic rings. The van der Waals surface area contributed by atoms with Crippen molar-refractivity contribution in [1.82, 2.24) is 15.2 Å². The number of piperazine rings is 1. The minimum absolute atomic E-state index is 0.0954. The predicted octanol–water partition coefficient (Wildman–Crippen LogP) is 2.07. The first-order valence-corrected chi connectivity index (χ1v) is 7.35. The Labute approximate surface area is 120 Å². The monoisotopic (exact) mass is 291 g/mol. The van der Waals surface area contributed by atoms with E-state index in [1.165, 1.54) is 23.5 Å². The topological polar surface area (TPSA) is 45.2 Å². The maximum Gasteiger partial charge on any atom is 0.273 e. The summed E-state index contributed by atoms with van der Waals surface area (Å²) in [6, 6.07) is 6.26. The number of thiazole rings is 1. The molecule has 6 heteroatoms. The van der Waals surface area contributed by atoms with Crippen molar-refractivity contribution in [2.75, 3.05) is 19.6 Å². The van der Waals surface area contributed by atoms with Crippen molar-refractivity contribution in [3.8, 4) is 0 Å². The van der Waals surface area contributed by atoms with Gasteiger partial charge in [0.05, 0.1) is 11.6 Å². The van der Waals surface area contributed by atoms with Crippen LogP contribution in [0.15, 0.2) is 35.2 Å². The average molecular weight is 291 g/mol. The zero-order valence-electron chi connectivity index (χ0n) is 10.8. The summed E-state index contributed by atoms with van der Waals surface area (Å²) in [5, 5.41) is 4.99. The molecule has 0 saturated carbocycles. The number of benzene rings is 1. The SMILES string of the molecule is O=C(c1cscn1)N1CCNCC1c1cccc(F)c1. The van der Waals surface area contributed by atoms with Crippen LogP contribution in [0.25, 0.3) is 0 Å². The minimum atomic E-state index is -0.283. The number of halogens is 1. The van der Waals surface area contributed by atoms with Gasteiger partial charge in [0.1, 0.15) is 11.5 Å². The zero-order valence-corrected chi connectivity index (χ0v) is 11.6. The third-order valence-electron chi connectivity index (χ3n) is 3.39. The average Bonchev–Trinajstić information content (AvgIpc) is 3.01. The Bertz CT molecular complexity index is 602. The second-order valence-electron chi connectivity index (χ2n) is 4.65. The Morgan fingerprint density at radius 3 is 3.15 bits per heavy atom. The lowest BCUT2D eigenvalue weighted by Crippen LogP contribution is -2.48. The van der Waals surface area contributed by atoms with Crippen molar-refractivity contribution in [3.05, 3.63) is 52.2 Å². The summed E-state index contributed by atoms with van der Waals surface area (Å²) in [5.41, 5.74) is 2.91. The lowest BCUT2D eigenvalue weighted by atomic mass is 10.0. The number of hydrogen-bond acceptors (Lipinski definition) is 4. The van der Waals surface area contributed by atoms with E-state index in [1.807, 2.05) is 6.07 Å². The van der Waals surface area contributed by atoms with E-state index >= 15 is 0 Å². The minimum Gasteiger partial charge on any atom is -0.328 e. The molecule has 1 saturated heterocycles. The number of amides is 1. The Morgan fingerprint density at radius 1 is 1.50 bits per heavy atom. The first-order valence-electron chi connectivity index (χ1n) is 6.41. The van der Waals surface area contributed by atoms with Crippen LogP contribution < -0.4 is 5.32 Å². The van der Waals surface area contributed by atoms with Crippen LogP contribution in [0.5, 0.6) is 0 Å². The van der Waals surface area contributed by atoms with E-state index in [4.69, 9.17) is 0 Å². The van der Waals surface area contributed by atoms with Crippen LogP contribution in [-0.4, -0.2) is 35.4 Å². The summed E-state index contributed by atoms with van der Waals surface area (Å²) in [6.07, 6.45) is 0. The molecule has 1 amide bonds. The molecule has 1 fully saturated rings. The predicted molar refractivity (Wildman–Crippen MR) is 75.2 cm³/mol. The molecule has 1 N–H and O–H groups in total. The van der Waals surface area contributed by atoms with Gasteiger partial charge in [-0.1, -0.05) is 12.1 Å². The van der Waals surface area contributed by atoms with Crippen LogP contribution in [-0.2, 0) is 0 Å². The van der Waals surface area contributed by atoms with Gasteiger partial charge in [-0.15, -0.1) is 11.3 Å². The molecule has 104 valence electrons. The molecule has 1 atom stereocenters. The summed E-state index contributed by atoms with van der Waals surface area (Å²) in [4.78, 5) is 18.3. The van der Waals surface area contributed by atoms with Gasteiger partial charge in [-0.2, -0.15) is 0 Å². The normalized spacial score (nSPS) is 19.1. The molecule has 20 heavy (non-hydrogen) atoms. The van der Waals surface area contributed by atoms with Gasteiger partial charge in [-0.25, -0.2) is 9.37 Å². The molecule has 2 heterocycles. The Morgan fingerprint density at radius 2 is 2.40 bits per heavy atom. The lowest BCUT2D eigenvalue weighted by Gasteiger charge is -2.36. The van der Waals surface area contributed by atoms with Crippen LogP contribution in [0.2, 0.25) is 0 Å². The van der Waals surface area contributed by atoms with Gasteiger partial charge in [-0.3, -0.25) is 4.79 Å². The van der Waals surface area contributed by atoms with E-state index < -0.39 is 0 Å². The van der Waals surface area contributed by atoms with Gasteiger partial charge in [0.15, 0.2) is 0 Å². The van der Waals surface area contributed by atoms with E-state index in [-0.39, 0.29) is 17.8 Å². The number of aromatic nitrogens is 1. The van der Waals surface area contributed by atoms with Gasteiger partial charge in [0.2, 0.25) is 0 Å². The third kappa shape index (κ3) is 2.57. The first kappa shape index (κ1) is 13.2. The fourth-order valence-corrected chi connectivity index (χ4v) is 2.95. The van der Waals surface area contributed by atoms with Crippen molar-refractivity contribution < 1.29 is 9.18 Å². The van der Waals surface area contributed by atoms with Crippen molar-refractivity contribution in [3.63, 3.8) is 0 Å². The molecule has 0 spiro atoms. The molecule has 1 aliphatic rings. The molecule has 0 bridgehead atoms. The molecule has 1 aromatic heterocycles.